The number of benzene rings is 2. The van der Waals surface area contributed by atoms with Crippen molar-refractivity contribution in [1.29, 1.82) is 0 Å². The van der Waals surface area contributed by atoms with Gasteiger partial charge in [-0.3, -0.25) is 4.68 Å². The molecule has 4 aromatic rings. The van der Waals surface area contributed by atoms with Crippen molar-refractivity contribution in [2.75, 3.05) is 0 Å². The maximum absolute atomic E-state index is 10.4. The van der Waals surface area contributed by atoms with Gasteiger partial charge >= 0.3 is 0 Å². The quantitative estimate of drug-likeness (QED) is 0.505. The Labute approximate surface area is 138 Å². The molecule has 2 heterocycles. The highest BCUT2D eigenvalue weighted by atomic mass is 16.3. The number of hydrogen-bond donors (Lipinski definition) is 0. The molecule has 5 nitrogen and oxygen atoms in total. The van der Waals surface area contributed by atoms with Gasteiger partial charge in [-0.25, -0.2) is 0 Å². The van der Waals surface area contributed by atoms with Gasteiger partial charge in [0.05, 0.1) is 12.1 Å². The summed E-state index contributed by atoms with van der Waals surface area (Å²) in [7, 11) is 0. The topological polar surface area (TPSA) is 60.4 Å². The Bertz CT molecular complexity index is 986. The van der Waals surface area contributed by atoms with Crippen LogP contribution in [0.3, 0.4) is 0 Å². The van der Waals surface area contributed by atoms with Crippen molar-refractivity contribution in [3.05, 3.63) is 83.0 Å². The molecule has 0 saturated carbocycles. The molecule has 0 unspecified atom stereocenters. The number of aromatic nitrogens is 2. The fraction of sp³-hybridized carbons (Fsp3) is 0.105. The van der Waals surface area contributed by atoms with E-state index in [9.17, 15) is 4.91 Å². The van der Waals surface area contributed by atoms with Gasteiger partial charge in [-0.1, -0.05) is 53.7 Å². The monoisotopic (exact) mass is 317 g/mol. The highest BCUT2D eigenvalue weighted by Gasteiger charge is 2.15. The minimum Gasteiger partial charge on any atom is -0.457 e. The Hall–Kier alpha value is -3.21. The second-order valence-electron chi connectivity index (χ2n) is 5.56. The van der Waals surface area contributed by atoms with Crippen LogP contribution in [-0.2, 0) is 13.1 Å². The van der Waals surface area contributed by atoms with E-state index in [0.717, 1.165) is 16.6 Å². The molecule has 0 amide bonds. The molecule has 118 valence electrons. The average Bonchev–Trinajstić information content (AvgIpc) is 3.22. The predicted octanol–water partition coefficient (Wildman–Crippen LogP) is 4.61. The van der Waals surface area contributed by atoms with Crippen molar-refractivity contribution in [2.45, 2.75) is 13.1 Å². The lowest BCUT2D eigenvalue weighted by Gasteiger charge is -2.03. The van der Waals surface area contributed by atoms with Crippen LogP contribution in [0.1, 0.15) is 11.3 Å². The third-order valence-electron chi connectivity index (χ3n) is 3.95. The summed E-state index contributed by atoms with van der Waals surface area (Å²) in [5, 5.41) is 8.63. The molecule has 0 bridgehead atoms. The standard InChI is InChI=1S/C19H15N3O2/c23-20-12-15-10-11-18(24-15)19-16-8-4-5-9-17(16)22(21-19)13-14-6-2-1-3-7-14/h1-11H,12-13H2. The van der Waals surface area contributed by atoms with Gasteiger partial charge in [-0.2, -0.15) is 10.0 Å². The molecule has 0 atom stereocenters. The third-order valence-corrected chi connectivity index (χ3v) is 3.95. The second kappa shape index (κ2) is 6.12. The van der Waals surface area contributed by atoms with E-state index in [1.165, 1.54) is 5.56 Å². The number of fused-ring (bicyclic) bond motifs is 1. The average molecular weight is 317 g/mol. The van der Waals surface area contributed by atoms with Crippen LogP contribution in [0.2, 0.25) is 0 Å². The summed E-state index contributed by atoms with van der Waals surface area (Å²) in [6.45, 7) is 0.716. The fourth-order valence-corrected chi connectivity index (χ4v) is 2.84. The van der Waals surface area contributed by atoms with Crippen LogP contribution in [0.15, 0.2) is 76.3 Å². The Morgan fingerprint density at radius 3 is 2.58 bits per heavy atom. The highest BCUT2D eigenvalue weighted by Crippen LogP contribution is 2.30. The molecule has 5 heteroatoms. The highest BCUT2D eigenvalue weighted by molar-refractivity contribution is 5.92. The van der Waals surface area contributed by atoms with E-state index in [2.05, 4.69) is 17.3 Å². The maximum Gasteiger partial charge on any atom is 0.155 e. The SMILES string of the molecule is O=NCc1ccc(-c2nn(Cc3ccccc3)c3ccccc23)o1. The number of para-hydroxylation sites is 1. The summed E-state index contributed by atoms with van der Waals surface area (Å²) in [6, 6.07) is 21.9. The molecule has 2 aromatic carbocycles. The fourth-order valence-electron chi connectivity index (χ4n) is 2.84. The maximum atomic E-state index is 10.4. The Morgan fingerprint density at radius 1 is 0.958 bits per heavy atom. The van der Waals surface area contributed by atoms with Gasteiger partial charge in [0.15, 0.2) is 5.76 Å². The molecule has 4 rings (SSSR count). The van der Waals surface area contributed by atoms with Gasteiger partial charge in [0.1, 0.15) is 18.0 Å². The smallest absolute Gasteiger partial charge is 0.155 e. The molecule has 0 saturated heterocycles. The van der Waals surface area contributed by atoms with Crippen molar-refractivity contribution in [2.24, 2.45) is 5.18 Å². The van der Waals surface area contributed by atoms with Crippen LogP contribution < -0.4 is 0 Å². The molecular formula is C19H15N3O2. The zero-order valence-electron chi connectivity index (χ0n) is 12.9. The Morgan fingerprint density at radius 2 is 1.75 bits per heavy atom. The van der Waals surface area contributed by atoms with Gasteiger partial charge in [0.25, 0.3) is 0 Å². The minimum absolute atomic E-state index is 0.0304. The minimum atomic E-state index is 0.0304. The summed E-state index contributed by atoms with van der Waals surface area (Å²) in [6.07, 6.45) is 0. The van der Waals surface area contributed by atoms with Gasteiger partial charge < -0.3 is 4.42 Å². The first-order chi connectivity index (χ1) is 11.8. The molecule has 24 heavy (non-hydrogen) atoms. The lowest BCUT2D eigenvalue weighted by Crippen LogP contribution is -2.01. The van der Waals surface area contributed by atoms with E-state index in [1.807, 2.05) is 53.2 Å². The molecule has 0 spiro atoms. The lowest BCUT2D eigenvalue weighted by molar-refractivity contribution is 0.522. The molecule has 0 aliphatic rings. The molecule has 0 N–H and O–H groups in total. The summed E-state index contributed by atoms with van der Waals surface area (Å²) in [4.78, 5) is 10.4. The zero-order chi connectivity index (χ0) is 16.4. The van der Waals surface area contributed by atoms with Crippen LogP contribution >= 0.6 is 0 Å². The summed E-state index contributed by atoms with van der Waals surface area (Å²) >= 11 is 0. The first-order valence-electron chi connectivity index (χ1n) is 7.73. The van der Waals surface area contributed by atoms with Gasteiger partial charge in [-0.05, 0) is 23.8 Å². The molecular weight excluding hydrogens is 302 g/mol. The number of nitroso groups, excluding NO2 is 1. The summed E-state index contributed by atoms with van der Waals surface area (Å²) < 4.78 is 7.68. The molecule has 0 fully saturated rings. The van der Waals surface area contributed by atoms with E-state index < -0.39 is 0 Å². The first kappa shape index (κ1) is 14.4. The molecule has 0 aliphatic carbocycles. The van der Waals surface area contributed by atoms with E-state index in [-0.39, 0.29) is 6.54 Å². The first-order valence-corrected chi connectivity index (χ1v) is 7.73. The van der Waals surface area contributed by atoms with Crippen molar-refractivity contribution < 1.29 is 4.42 Å². The van der Waals surface area contributed by atoms with Crippen LogP contribution in [0, 0.1) is 4.91 Å². The largest absolute Gasteiger partial charge is 0.457 e. The van der Waals surface area contributed by atoms with Crippen LogP contribution in [0.25, 0.3) is 22.4 Å². The normalized spacial score (nSPS) is 11.0. The van der Waals surface area contributed by atoms with Gasteiger partial charge in [0.2, 0.25) is 0 Å². The second-order valence-corrected chi connectivity index (χ2v) is 5.56. The molecule has 0 radical (unpaired) electrons. The van der Waals surface area contributed by atoms with E-state index in [1.54, 1.807) is 6.07 Å². The third kappa shape index (κ3) is 2.60. The molecule has 0 aliphatic heterocycles. The molecule has 2 aromatic heterocycles. The van der Waals surface area contributed by atoms with Crippen molar-refractivity contribution in [1.82, 2.24) is 9.78 Å². The Balaban J connectivity index is 1.80. The van der Waals surface area contributed by atoms with E-state index in [4.69, 9.17) is 9.52 Å². The van der Waals surface area contributed by atoms with Gasteiger partial charge in [-0.15, -0.1) is 0 Å². The number of rotatable bonds is 5. The van der Waals surface area contributed by atoms with Crippen LogP contribution in [0.5, 0.6) is 0 Å². The van der Waals surface area contributed by atoms with Crippen molar-refractivity contribution in [3.8, 4) is 11.5 Å². The number of hydrogen-bond acceptors (Lipinski definition) is 4. The summed E-state index contributed by atoms with van der Waals surface area (Å²) in [5.74, 6) is 1.19. The number of nitrogens with zero attached hydrogens (tertiary/aromatic N) is 3. The lowest BCUT2D eigenvalue weighted by atomic mass is 10.2. The van der Waals surface area contributed by atoms with E-state index in [0.29, 0.717) is 18.1 Å². The van der Waals surface area contributed by atoms with Crippen molar-refractivity contribution >= 4 is 10.9 Å². The zero-order valence-corrected chi connectivity index (χ0v) is 12.9. The van der Waals surface area contributed by atoms with Crippen molar-refractivity contribution in [3.63, 3.8) is 0 Å². The number of furan rings is 1. The Kier molecular flexibility index (Phi) is 3.67. The van der Waals surface area contributed by atoms with E-state index >= 15 is 0 Å². The summed E-state index contributed by atoms with van der Waals surface area (Å²) in [5.41, 5.74) is 3.00. The van der Waals surface area contributed by atoms with Gasteiger partial charge in [0, 0.05) is 5.39 Å². The van der Waals surface area contributed by atoms with Crippen LogP contribution in [-0.4, -0.2) is 9.78 Å². The van der Waals surface area contributed by atoms with Crippen LogP contribution in [0.4, 0.5) is 0 Å². The predicted molar refractivity (Wildman–Crippen MR) is 92.5 cm³/mol.